The summed E-state index contributed by atoms with van der Waals surface area (Å²) in [6.45, 7) is -0.226. The Hall–Kier alpha value is 0.0513. The summed E-state index contributed by atoms with van der Waals surface area (Å²) in [6, 6.07) is 6.64. The van der Waals surface area contributed by atoms with Crippen LogP contribution in [0, 0.1) is 0 Å². The Kier molecular flexibility index (Phi) is 9.10. The average Bonchev–Trinajstić information content (AvgIpc) is 2.33. The fourth-order valence-electron chi connectivity index (χ4n) is 1.17. The van der Waals surface area contributed by atoms with Gasteiger partial charge in [-0.05, 0) is 18.6 Å². The van der Waals surface area contributed by atoms with Crippen LogP contribution in [-0.4, -0.2) is 20.2 Å². The van der Waals surface area contributed by atoms with Crippen LogP contribution in [0.1, 0.15) is 13.3 Å². The van der Waals surface area contributed by atoms with Crippen LogP contribution in [0.25, 0.3) is 0 Å². The van der Waals surface area contributed by atoms with Crippen molar-refractivity contribution in [1.82, 2.24) is 0 Å². The first kappa shape index (κ1) is 19.1. The van der Waals surface area contributed by atoms with E-state index in [1.807, 2.05) is 6.92 Å². The molecule has 0 saturated heterocycles. The van der Waals surface area contributed by atoms with Gasteiger partial charge in [0.25, 0.3) is 0 Å². The minimum atomic E-state index is -5.06. The van der Waals surface area contributed by atoms with Crippen molar-refractivity contribution in [3.8, 4) is 11.5 Å². The zero-order chi connectivity index (χ0) is 13.6. The summed E-state index contributed by atoms with van der Waals surface area (Å²) in [6.07, 6.45) is 0.812. The summed E-state index contributed by atoms with van der Waals surface area (Å²) in [7, 11) is 0. The standard InChI is InChI=1S/C12H15BF3O2.K/c1-3-8-17-11-6-4-5-7-12(11)18-9-10(2)13(14,15)16;/h4-7H,2-3,8-9H2,1H3;/q-1;+1. The third-order valence-corrected chi connectivity index (χ3v) is 2.19. The minimum absolute atomic E-state index is 0. The monoisotopic (exact) mass is 298 g/mol. The van der Waals surface area contributed by atoms with Gasteiger partial charge in [0.05, 0.1) is 13.2 Å². The molecule has 0 heterocycles. The molecule has 0 aliphatic rings. The van der Waals surface area contributed by atoms with Gasteiger partial charge in [-0.15, -0.1) is 12.1 Å². The van der Waals surface area contributed by atoms with E-state index in [-0.39, 0.29) is 51.4 Å². The molecule has 0 bridgehead atoms. The molecule has 1 aromatic carbocycles. The predicted molar refractivity (Wildman–Crippen MR) is 65.9 cm³/mol. The van der Waals surface area contributed by atoms with Gasteiger partial charge >= 0.3 is 58.4 Å². The number of benzene rings is 1. The van der Waals surface area contributed by atoms with Crippen LogP contribution in [0.2, 0.25) is 0 Å². The molecule has 1 aromatic rings. The van der Waals surface area contributed by atoms with Crippen molar-refractivity contribution >= 4 is 6.98 Å². The van der Waals surface area contributed by atoms with Crippen molar-refractivity contribution in [2.75, 3.05) is 13.2 Å². The molecule has 0 fully saturated rings. The quantitative estimate of drug-likeness (QED) is 0.693. The molecule has 2 nitrogen and oxygen atoms in total. The number of para-hydroxylation sites is 2. The number of rotatable bonds is 7. The maximum Gasteiger partial charge on any atom is 1.00 e. The van der Waals surface area contributed by atoms with Gasteiger partial charge in [0.2, 0.25) is 0 Å². The Balaban J connectivity index is 0.00000324. The molecule has 1 rings (SSSR count). The molecular formula is C12H15BF3KO2. The first-order valence-electron chi connectivity index (χ1n) is 5.67. The minimum Gasteiger partial charge on any atom is -0.490 e. The van der Waals surface area contributed by atoms with Crippen molar-refractivity contribution in [3.63, 3.8) is 0 Å². The molecule has 0 saturated carbocycles. The third kappa shape index (κ3) is 6.85. The Bertz CT molecular complexity index is 410. The van der Waals surface area contributed by atoms with Crippen LogP contribution in [0.15, 0.2) is 36.3 Å². The number of hydrogen-bond acceptors (Lipinski definition) is 2. The maximum atomic E-state index is 12.3. The largest absolute Gasteiger partial charge is 1.00 e. The zero-order valence-electron chi connectivity index (χ0n) is 11.2. The van der Waals surface area contributed by atoms with E-state index in [1.165, 1.54) is 0 Å². The maximum absolute atomic E-state index is 12.3. The Morgan fingerprint density at radius 3 is 2.16 bits per heavy atom. The van der Waals surface area contributed by atoms with Gasteiger partial charge in [-0.2, -0.15) is 0 Å². The molecule has 0 unspecified atom stereocenters. The van der Waals surface area contributed by atoms with E-state index < -0.39 is 19.1 Å². The van der Waals surface area contributed by atoms with Crippen LogP contribution in [-0.2, 0) is 0 Å². The van der Waals surface area contributed by atoms with Crippen molar-refractivity contribution in [1.29, 1.82) is 0 Å². The number of halogens is 3. The molecule has 0 aromatic heterocycles. The summed E-state index contributed by atoms with van der Waals surface area (Å²) < 4.78 is 47.4. The fourth-order valence-corrected chi connectivity index (χ4v) is 1.17. The van der Waals surface area contributed by atoms with E-state index in [0.29, 0.717) is 18.1 Å². The molecule has 19 heavy (non-hydrogen) atoms. The summed E-state index contributed by atoms with van der Waals surface area (Å²) in [5.41, 5.74) is -0.861. The van der Waals surface area contributed by atoms with Gasteiger partial charge in [-0.1, -0.05) is 19.1 Å². The smallest absolute Gasteiger partial charge is 0.490 e. The van der Waals surface area contributed by atoms with Crippen LogP contribution in [0.5, 0.6) is 11.5 Å². The van der Waals surface area contributed by atoms with Crippen molar-refractivity contribution in [3.05, 3.63) is 36.3 Å². The molecule has 0 amide bonds. The number of ether oxygens (including phenoxy) is 2. The van der Waals surface area contributed by atoms with Crippen molar-refractivity contribution < 1.29 is 73.8 Å². The Labute approximate surface area is 153 Å². The molecular weight excluding hydrogens is 283 g/mol. The van der Waals surface area contributed by atoms with Gasteiger partial charge in [-0.3, -0.25) is 0 Å². The summed E-state index contributed by atoms with van der Waals surface area (Å²) in [5, 5.41) is 0. The van der Waals surface area contributed by atoms with Crippen molar-refractivity contribution in [2.45, 2.75) is 13.3 Å². The number of hydrogen-bond donors (Lipinski definition) is 0. The second-order valence-corrected chi connectivity index (χ2v) is 3.82. The SMILES string of the molecule is C=C(COc1ccccc1OCCC)[B-](F)(F)F.[K+]. The van der Waals surface area contributed by atoms with Gasteiger partial charge in [-0.25, -0.2) is 0 Å². The molecule has 0 radical (unpaired) electrons. The second kappa shape index (κ2) is 9.07. The molecule has 0 atom stereocenters. The van der Waals surface area contributed by atoms with Crippen LogP contribution in [0.3, 0.4) is 0 Å². The second-order valence-electron chi connectivity index (χ2n) is 3.82. The van der Waals surface area contributed by atoms with Crippen LogP contribution in [0.4, 0.5) is 12.9 Å². The van der Waals surface area contributed by atoms with Gasteiger partial charge < -0.3 is 22.4 Å². The van der Waals surface area contributed by atoms with Gasteiger partial charge in [0.1, 0.15) is 0 Å². The van der Waals surface area contributed by atoms with E-state index in [1.54, 1.807) is 24.3 Å². The Morgan fingerprint density at radius 1 is 1.16 bits per heavy atom. The van der Waals surface area contributed by atoms with E-state index >= 15 is 0 Å². The normalized spacial score (nSPS) is 10.5. The molecule has 100 valence electrons. The van der Waals surface area contributed by atoms with Crippen LogP contribution < -0.4 is 60.9 Å². The molecule has 7 heteroatoms. The topological polar surface area (TPSA) is 18.5 Å². The summed E-state index contributed by atoms with van der Waals surface area (Å²) >= 11 is 0. The Morgan fingerprint density at radius 2 is 1.68 bits per heavy atom. The molecule has 0 aliphatic heterocycles. The molecule has 0 N–H and O–H groups in total. The fraction of sp³-hybridized carbons (Fsp3) is 0.333. The molecule has 0 spiro atoms. The predicted octanol–water partition coefficient (Wildman–Crippen LogP) is 0.801. The third-order valence-electron chi connectivity index (χ3n) is 2.19. The van der Waals surface area contributed by atoms with E-state index in [2.05, 4.69) is 6.58 Å². The van der Waals surface area contributed by atoms with E-state index in [0.717, 1.165) is 6.42 Å². The zero-order valence-corrected chi connectivity index (χ0v) is 14.3. The van der Waals surface area contributed by atoms with Gasteiger partial charge in [0.15, 0.2) is 11.5 Å². The average molecular weight is 298 g/mol. The summed E-state index contributed by atoms with van der Waals surface area (Å²) in [4.78, 5) is 0. The first-order valence-corrected chi connectivity index (χ1v) is 5.67. The van der Waals surface area contributed by atoms with E-state index in [9.17, 15) is 12.9 Å². The summed E-state index contributed by atoms with van der Waals surface area (Å²) in [5.74, 6) is 0.744. The first-order chi connectivity index (χ1) is 8.45. The van der Waals surface area contributed by atoms with Crippen LogP contribution >= 0.6 is 0 Å². The van der Waals surface area contributed by atoms with E-state index in [4.69, 9.17) is 9.47 Å². The van der Waals surface area contributed by atoms with Crippen molar-refractivity contribution in [2.24, 2.45) is 0 Å². The molecule has 0 aliphatic carbocycles. The van der Waals surface area contributed by atoms with Gasteiger partial charge in [0, 0.05) is 0 Å².